The van der Waals surface area contributed by atoms with Crippen molar-refractivity contribution in [1.29, 1.82) is 0 Å². The molecule has 0 aliphatic heterocycles. The molecule has 1 amide bonds. The van der Waals surface area contributed by atoms with E-state index in [-0.39, 0.29) is 5.91 Å². The molecular weight excluding hydrogens is 356 g/mol. The van der Waals surface area contributed by atoms with Gasteiger partial charge in [0.05, 0.1) is 5.41 Å². The maximum atomic E-state index is 13.1. The van der Waals surface area contributed by atoms with E-state index in [0.29, 0.717) is 0 Å². The van der Waals surface area contributed by atoms with Gasteiger partial charge in [-0.3, -0.25) is 4.79 Å². The molecule has 1 heterocycles. The lowest BCUT2D eigenvalue weighted by atomic mass is 9.82. The molecule has 2 aromatic carbocycles. The van der Waals surface area contributed by atoms with E-state index in [1.165, 1.54) is 33.3 Å². The first kappa shape index (κ1) is 21.2. The van der Waals surface area contributed by atoms with Gasteiger partial charge >= 0.3 is 0 Å². The largest absolute Gasteiger partial charge is 0.354 e. The molecule has 0 aliphatic rings. The lowest BCUT2D eigenvalue weighted by Gasteiger charge is -2.31. The molecule has 0 unspecified atom stereocenters. The Labute approximate surface area is 175 Å². The average Bonchev–Trinajstić information content (AvgIpc) is 3.06. The standard InChI is InChI=1S/C26H34N2O/c1-8-21-22-16-20(26(6,7)25(29)28(9-2)10-3)11-12-23(22)27-24(21)19-14-17(4)13-18(5)15-19/h11-16,27H,8-10H2,1-7H3. The summed E-state index contributed by atoms with van der Waals surface area (Å²) in [6, 6.07) is 13.1. The third-order valence-electron chi connectivity index (χ3n) is 6.08. The molecule has 3 heteroatoms. The lowest BCUT2D eigenvalue weighted by Crippen LogP contribution is -2.43. The smallest absolute Gasteiger partial charge is 0.232 e. The fourth-order valence-corrected chi connectivity index (χ4v) is 4.40. The van der Waals surface area contributed by atoms with E-state index in [9.17, 15) is 4.79 Å². The van der Waals surface area contributed by atoms with Gasteiger partial charge in [-0.05, 0) is 88.9 Å². The maximum absolute atomic E-state index is 13.1. The summed E-state index contributed by atoms with van der Waals surface area (Å²) in [4.78, 5) is 18.7. The molecule has 0 aliphatic carbocycles. The van der Waals surface area contributed by atoms with E-state index in [0.717, 1.165) is 30.6 Å². The molecule has 0 saturated heterocycles. The number of rotatable bonds is 6. The van der Waals surface area contributed by atoms with Gasteiger partial charge in [-0.25, -0.2) is 0 Å². The number of carbonyl (C=O) groups excluding carboxylic acids is 1. The van der Waals surface area contributed by atoms with Gasteiger partial charge in [-0.15, -0.1) is 0 Å². The molecule has 0 spiro atoms. The van der Waals surface area contributed by atoms with Crippen molar-refractivity contribution in [2.24, 2.45) is 0 Å². The van der Waals surface area contributed by atoms with Crippen LogP contribution >= 0.6 is 0 Å². The van der Waals surface area contributed by atoms with Crippen LogP contribution in [0, 0.1) is 13.8 Å². The fourth-order valence-electron chi connectivity index (χ4n) is 4.40. The van der Waals surface area contributed by atoms with Crippen molar-refractivity contribution in [3.05, 3.63) is 58.7 Å². The molecule has 1 N–H and O–H groups in total. The van der Waals surface area contributed by atoms with E-state index >= 15 is 0 Å². The topological polar surface area (TPSA) is 36.1 Å². The number of likely N-dealkylation sites (N-methyl/N-ethyl adjacent to an activating group) is 1. The Hall–Kier alpha value is -2.55. The van der Waals surface area contributed by atoms with Crippen LogP contribution < -0.4 is 0 Å². The number of aromatic amines is 1. The summed E-state index contributed by atoms with van der Waals surface area (Å²) < 4.78 is 0. The highest BCUT2D eigenvalue weighted by molar-refractivity contribution is 5.94. The molecule has 3 nitrogen and oxygen atoms in total. The van der Waals surface area contributed by atoms with Crippen molar-refractivity contribution in [3.63, 3.8) is 0 Å². The van der Waals surface area contributed by atoms with Gasteiger partial charge in [0, 0.05) is 29.7 Å². The first-order valence-corrected chi connectivity index (χ1v) is 10.8. The Kier molecular flexibility index (Phi) is 5.88. The fraction of sp³-hybridized carbons (Fsp3) is 0.423. The van der Waals surface area contributed by atoms with Crippen LogP contribution in [-0.2, 0) is 16.6 Å². The molecule has 1 aromatic heterocycles. The molecule has 0 fully saturated rings. The first-order chi connectivity index (χ1) is 13.7. The SMILES string of the molecule is CCc1c(-c2cc(C)cc(C)c2)[nH]c2ccc(C(C)(C)C(=O)N(CC)CC)cc12. The number of aryl methyl sites for hydroxylation is 3. The summed E-state index contributed by atoms with van der Waals surface area (Å²) in [6.45, 7) is 16.1. The third kappa shape index (κ3) is 3.83. The van der Waals surface area contributed by atoms with Crippen LogP contribution in [0.25, 0.3) is 22.2 Å². The monoisotopic (exact) mass is 390 g/mol. The molecule has 154 valence electrons. The zero-order valence-electron chi connectivity index (χ0n) is 18.9. The van der Waals surface area contributed by atoms with Crippen molar-refractivity contribution in [3.8, 4) is 11.3 Å². The summed E-state index contributed by atoms with van der Waals surface area (Å²) in [7, 11) is 0. The Bertz CT molecular complexity index is 1020. The van der Waals surface area contributed by atoms with Gasteiger partial charge in [-0.1, -0.05) is 30.2 Å². The highest BCUT2D eigenvalue weighted by Crippen LogP contribution is 2.35. The van der Waals surface area contributed by atoms with Gasteiger partial charge < -0.3 is 9.88 Å². The van der Waals surface area contributed by atoms with Crippen LogP contribution in [-0.4, -0.2) is 28.9 Å². The second-order valence-corrected chi connectivity index (χ2v) is 8.57. The number of H-pyrrole nitrogens is 1. The Morgan fingerprint density at radius 2 is 1.59 bits per heavy atom. The van der Waals surface area contributed by atoms with Crippen LogP contribution in [0.4, 0.5) is 0 Å². The molecule has 3 rings (SSSR count). The molecule has 29 heavy (non-hydrogen) atoms. The van der Waals surface area contributed by atoms with E-state index in [1.54, 1.807) is 0 Å². The van der Waals surface area contributed by atoms with Crippen LogP contribution in [0.5, 0.6) is 0 Å². The minimum atomic E-state index is -0.553. The van der Waals surface area contributed by atoms with E-state index in [2.05, 4.69) is 62.2 Å². The zero-order chi connectivity index (χ0) is 21.3. The number of aromatic nitrogens is 1. The Morgan fingerprint density at radius 3 is 2.14 bits per heavy atom. The number of fused-ring (bicyclic) bond motifs is 1. The third-order valence-corrected chi connectivity index (χ3v) is 6.08. The number of amides is 1. The van der Waals surface area contributed by atoms with Crippen molar-refractivity contribution in [1.82, 2.24) is 9.88 Å². The van der Waals surface area contributed by atoms with Crippen LogP contribution in [0.2, 0.25) is 0 Å². The predicted octanol–water partition coefficient (Wildman–Crippen LogP) is 6.16. The number of carbonyl (C=O) groups is 1. The molecule has 0 bridgehead atoms. The predicted molar refractivity (Wildman–Crippen MR) is 124 cm³/mol. The molecular formula is C26H34N2O. The van der Waals surface area contributed by atoms with Crippen LogP contribution in [0.1, 0.15) is 56.9 Å². The van der Waals surface area contributed by atoms with Crippen molar-refractivity contribution < 1.29 is 4.79 Å². The summed E-state index contributed by atoms with van der Waals surface area (Å²) in [5, 5.41) is 1.22. The summed E-state index contributed by atoms with van der Waals surface area (Å²) in [6.07, 6.45) is 0.941. The van der Waals surface area contributed by atoms with Crippen molar-refractivity contribution >= 4 is 16.8 Å². The van der Waals surface area contributed by atoms with Gasteiger partial charge in [0.1, 0.15) is 0 Å². The number of hydrogen-bond acceptors (Lipinski definition) is 1. The summed E-state index contributed by atoms with van der Waals surface area (Å²) >= 11 is 0. The summed E-state index contributed by atoms with van der Waals surface area (Å²) in [5.41, 5.74) is 7.93. The van der Waals surface area contributed by atoms with Crippen LogP contribution in [0.3, 0.4) is 0 Å². The van der Waals surface area contributed by atoms with E-state index < -0.39 is 5.41 Å². The average molecular weight is 391 g/mol. The maximum Gasteiger partial charge on any atom is 0.232 e. The first-order valence-electron chi connectivity index (χ1n) is 10.8. The van der Waals surface area contributed by atoms with Crippen molar-refractivity contribution in [2.45, 2.75) is 60.3 Å². The Balaban J connectivity index is 2.14. The molecule has 3 aromatic rings. The zero-order valence-corrected chi connectivity index (χ0v) is 18.9. The summed E-state index contributed by atoms with van der Waals surface area (Å²) in [5.74, 6) is 0.185. The van der Waals surface area contributed by atoms with Gasteiger partial charge in [0.25, 0.3) is 0 Å². The number of benzene rings is 2. The van der Waals surface area contributed by atoms with Crippen LogP contribution in [0.15, 0.2) is 36.4 Å². The van der Waals surface area contributed by atoms with E-state index in [1.807, 2.05) is 32.6 Å². The minimum Gasteiger partial charge on any atom is -0.354 e. The lowest BCUT2D eigenvalue weighted by molar-refractivity contribution is -0.135. The van der Waals surface area contributed by atoms with Crippen molar-refractivity contribution in [2.75, 3.05) is 13.1 Å². The molecule has 0 saturated carbocycles. The van der Waals surface area contributed by atoms with Gasteiger partial charge in [-0.2, -0.15) is 0 Å². The molecule has 0 radical (unpaired) electrons. The van der Waals surface area contributed by atoms with E-state index in [4.69, 9.17) is 0 Å². The normalized spacial score (nSPS) is 11.8. The quantitative estimate of drug-likeness (QED) is 0.537. The second-order valence-electron chi connectivity index (χ2n) is 8.57. The van der Waals surface area contributed by atoms with Gasteiger partial charge in [0.2, 0.25) is 5.91 Å². The van der Waals surface area contributed by atoms with Gasteiger partial charge in [0.15, 0.2) is 0 Å². The second kappa shape index (κ2) is 8.06. The Morgan fingerprint density at radius 1 is 0.966 bits per heavy atom. The number of hydrogen-bond donors (Lipinski definition) is 1. The molecule has 0 atom stereocenters. The number of nitrogens with zero attached hydrogens (tertiary/aromatic N) is 1. The minimum absolute atomic E-state index is 0.185. The number of nitrogens with one attached hydrogen (secondary N) is 1. The highest BCUT2D eigenvalue weighted by Gasteiger charge is 2.33. The highest BCUT2D eigenvalue weighted by atomic mass is 16.2.